The number of nitrogens with one attached hydrogen (secondary N) is 1. The van der Waals surface area contributed by atoms with Crippen LogP contribution in [-0.4, -0.2) is 32.1 Å². The van der Waals surface area contributed by atoms with E-state index in [1.807, 2.05) is 60.7 Å². The van der Waals surface area contributed by atoms with Gasteiger partial charge in [0, 0.05) is 6.42 Å². The molecule has 0 fully saturated rings. The average molecular weight is 438 g/mol. The van der Waals surface area contributed by atoms with Crippen LogP contribution in [0.3, 0.4) is 0 Å². The van der Waals surface area contributed by atoms with E-state index in [9.17, 15) is 9.59 Å². The summed E-state index contributed by atoms with van der Waals surface area (Å²) in [7, 11) is 2.83. The minimum absolute atomic E-state index is 0.235. The lowest BCUT2D eigenvalue weighted by Crippen LogP contribution is -2.45. The maximum Gasteiger partial charge on any atom is 0.328 e. The third-order valence-electron chi connectivity index (χ3n) is 4.99. The van der Waals surface area contributed by atoms with Crippen LogP contribution in [0.2, 0.25) is 5.02 Å². The molecular weight excluding hydrogens is 414 g/mol. The number of hydrogen-bond acceptors (Lipinski definition) is 4. The summed E-state index contributed by atoms with van der Waals surface area (Å²) in [6.07, 6.45) is 0.235. The Morgan fingerprint density at radius 1 is 0.903 bits per heavy atom. The van der Waals surface area contributed by atoms with Crippen LogP contribution in [0.25, 0.3) is 0 Å². The molecule has 160 valence electrons. The number of ether oxygens (including phenoxy) is 2. The summed E-state index contributed by atoms with van der Waals surface area (Å²) < 4.78 is 10.1. The Morgan fingerprint density at radius 2 is 1.48 bits per heavy atom. The van der Waals surface area contributed by atoms with Crippen molar-refractivity contribution in [1.29, 1.82) is 0 Å². The molecule has 1 atom stereocenters. The van der Waals surface area contributed by atoms with E-state index in [2.05, 4.69) is 5.32 Å². The number of benzene rings is 3. The van der Waals surface area contributed by atoms with Gasteiger partial charge in [-0.05, 0) is 28.8 Å². The molecule has 0 spiro atoms. The van der Waals surface area contributed by atoms with Crippen molar-refractivity contribution in [3.05, 3.63) is 101 Å². The lowest BCUT2D eigenvalue weighted by atomic mass is 9.90. The molecule has 0 heterocycles. The van der Waals surface area contributed by atoms with Gasteiger partial charge in [-0.3, -0.25) is 4.79 Å². The second kappa shape index (κ2) is 10.6. The largest absolute Gasteiger partial charge is 0.495 e. The Labute approximate surface area is 187 Å². The Hall–Kier alpha value is -3.31. The standard InChI is InChI=1S/C25H24ClNO4/c1-30-22-14-13-17(15-20(22)26)16-21(25(29)31-2)27-24(28)23(18-9-5-3-6-10-18)19-11-7-4-8-12-19/h3-15,21,23H,16H2,1-2H3,(H,27,28)/t21-/m0/s1. The van der Waals surface area contributed by atoms with Gasteiger partial charge < -0.3 is 14.8 Å². The van der Waals surface area contributed by atoms with Crippen LogP contribution in [0.5, 0.6) is 5.75 Å². The van der Waals surface area contributed by atoms with Crippen LogP contribution in [-0.2, 0) is 20.7 Å². The number of halogens is 1. The number of amides is 1. The lowest BCUT2D eigenvalue weighted by molar-refractivity contribution is -0.145. The summed E-state index contributed by atoms with van der Waals surface area (Å²) in [6.45, 7) is 0. The number of rotatable bonds is 8. The maximum atomic E-state index is 13.4. The second-order valence-electron chi connectivity index (χ2n) is 7.01. The molecule has 0 aliphatic heterocycles. The first-order chi connectivity index (χ1) is 15.0. The highest BCUT2D eigenvalue weighted by Gasteiger charge is 2.28. The van der Waals surface area contributed by atoms with Crippen molar-refractivity contribution in [3.8, 4) is 5.75 Å². The Morgan fingerprint density at radius 3 is 1.97 bits per heavy atom. The smallest absolute Gasteiger partial charge is 0.328 e. The summed E-state index contributed by atoms with van der Waals surface area (Å²) in [5.74, 6) is -0.834. The molecule has 5 nitrogen and oxygen atoms in total. The van der Waals surface area contributed by atoms with E-state index in [1.54, 1.807) is 18.2 Å². The molecule has 0 aliphatic carbocycles. The van der Waals surface area contributed by atoms with Gasteiger partial charge in [-0.25, -0.2) is 4.79 Å². The predicted molar refractivity (Wildman–Crippen MR) is 120 cm³/mol. The molecule has 0 aliphatic rings. The van der Waals surface area contributed by atoms with E-state index >= 15 is 0 Å². The third-order valence-corrected chi connectivity index (χ3v) is 5.28. The highest BCUT2D eigenvalue weighted by molar-refractivity contribution is 6.32. The highest BCUT2D eigenvalue weighted by Crippen LogP contribution is 2.27. The fourth-order valence-corrected chi connectivity index (χ4v) is 3.73. The zero-order chi connectivity index (χ0) is 22.2. The molecular formula is C25H24ClNO4. The second-order valence-corrected chi connectivity index (χ2v) is 7.42. The number of esters is 1. The Bertz CT molecular complexity index is 985. The van der Waals surface area contributed by atoms with Crippen molar-refractivity contribution in [2.45, 2.75) is 18.4 Å². The molecule has 0 saturated carbocycles. The van der Waals surface area contributed by atoms with E-state index in [0.717, 1.165) is 16.7 Å². The van der Waals surface area contributed by atoms with E-state index in [0.29, 0.717) is 10.8 Å². The number of carbonyl (C=O) groups is 2. The molecule has 1 N–H and O–H groups in total. The first kappa shape index (κ1) is 22.4. The normalized spacial score (nSPS) is 11.6. The van der Waals surface area contributed by atoms with E-state index in [4.69, 9.17) is 21.1 Å². The van der Waals surface area contributed by atoms with Gasteiger partial charge in [0.05, 0.1) is 25.2 Å². The van der Waals surface area contributed by atoms with Gasteiger partial charge in [-0.1, -0.05) is 78.3 Å². The molecule has 0 radical (unpaired) electrons. The molecule has 3 rings (SSSR count). The summed E-state index contributed by atoms with van der Waals surface area (Å²) in [5.41, 5.74) is 2.45. The molecule has 0 aromatic heterocycles. The van der Waals surface area contributed by atoms with Gasteiger partial charge in [-0.2, -0.15) is 0 Å². The molecule has 0 bridgehead atoms. The average Bonchev–Trinajstić information content (AvgIpc) is 2.80. The SMILES string of the molecule is COC(=O)[C@H](Cc1ccc(OC)c(Cl)c1)NC(=O)C(c1ccccc1)c1ccccc1. The van der Waals surface area contributed by atoms with Crippen molar-refractivity contribution < 1.29 is 19.1 Å². The van der Waals surface area contributed by atoms with E-state index in [1.165, 1.54) is 14.2 Å². The molecule has 6 heteroatoms. The first-order valence-electron chi connectivity index (χ1n) is 9.84. The molecule has 0 unspecified atom stereocenters. The van der Waals surface area contributed by atoms with E-state index < -0.39 is 17.9 Å². The zero-order valence-corrected chi connectivity index (χ0v) is 18.1. The minimum Gasteiger partial charge on any atom is -0.495 e. The van der Waals surface area contributed by atoms with Crippen molar-refractivity contribution in [1.82, 2.24) is 5.32 Å². The van der Waals surface area contributed by atoms with Crippen LogP contribution in [0, 0.1) is 0 Å². The van der Waals surface area contributed by atoms with Crippen molar-refractivity contribution in [3.63, 3.8) is 0 Å². The fourth-order valence-electron chi connectivity index (χ4n) is 3.45. The van der Waals surface area contributed by atoms with Crippen molar-refractivity contribution in [2.24, 2.45) is 0 Å². The molecule has 31 heavy (non-hydrogen) atoms. The first-order valence-corrected chi connectivity index (χ1v) is 10.2. The summed E-state index contributed by atoms with van der Waals surface area (Å²) >= 11 is 6.21. The monoisotopic (exact) mass is 437 g/mol. The molecule has 3 aromatic rings. The summed E-state index contributed by atoms with van der Waals surface area (Å²) in [6, 6.07) is 23.3. The third kappa shape index (κ3) is 5.64. The number of carbonyl (C=O) groups excluding carboxylic acids is 2. The summed E-state index contributed by atoms with van der Waals surface area (Å²) in [4.78, 5) is 25.8. The van der Waals surface area contributed by atoms with Gasteiger partial charge in [0.25, 0.3) is 0 Å². The van der Waals surface area contributed by atoms with Crippen molar-refractivity contribution in [2.75, 3.05) is 14.2 Å². The number of methoxy groups -OCH3 is 2. The minimum atomic E-state index is -0.864. The van der Waals surface area contributed by atoms with Gasteiger partial charge in [0.15, 0.2) is 0 Å². The van der Waals surface area contributed by atoms with Gasteiger partial charge in [0.1, 0.15) is 11.8 Å². The topological polar surface area (TPSA) is 64.6 Å². The van der Waals surface area contributed by atoms with Gasteiger partial charge >= 0.3 is 5.97 Å². The number of hydrogen-bond donors (Lipinski definition) is 1. The quantitative estimate of drug-likeness (QED) is 0.531. The Balaban J connectivity index is 1.87. The highest BCUT2D eigenvalue weighted by atomic mass is 35.5. The van der Waals surface area contributed by atoms with E-state index in [-0.39, 0.29) is 12.3 Å². The van der Waals surface area contributed by atoms with Crippen LogP contribution in [0.4, 0.5) is 0 Å². The van der Waals surface area contributed by atoms with Crippen molar-refractivity contribution >= 4 is 23.5 Å². The van der Waals surface area contributed by atoms with Crippen LogP contribution in [0.15, 0.2) is 78.9 Å². The zero-order valence-electron chi connectivity index (χ0n) is 17.4. The lowest BCUT2D eigenvalue weighted by Gasteiger charge is -2.22. The van der Waals surface area contributed by atoms with Crippen LogP contribution in [0.1, 0.15) is 22.6 Å². The van der Waals surface area contributed by atoms with Crippen LogP contribution >= 0.6 is 11.6 Å². The summed E-state index contributed by atoms with van der Waals surface area (Å²) in [5, 5.41) is 3.31. The van der Waals surface area contributed by atoms with Crippen LogP contribution < -0.4 is 10.1 Å². The van der Waals surface area contributed by atoms with Gasteiger partial charge in [-0.15, -0.1) is 0 Å². The molecule has 0 saturated heterocycles. The molecule has 1 amide bonds. The van der Waals surface area contributed by atoms with Gasteiger partial charge in [0.2, 0.25) is 5.91 Å². The fraction of sp³-hybridized carbons (Fsp3) is 0.200. The maximum absolute atomic E-state index is 13.4. The Kier molecular flexibility index (Phi) is 7.68. The molecule has 3 aromatic carbocycles. The predicted octanol–water partition coefficient (Wildman–Crippen LogP) is 4.38.